The molecule has 0 aliphatic rings. The monoisotopic (exact) mass is 190 g/mol. The van der Waals surface area contributed by atoms with Crippen LogP contribution in [0, 0.1) is 6.92 Å². The number of rotatable bonds is 1. The van der Waals surface area contributed by atoms with Gasteiger partial charge in [-0.3, -0.25) is 0 Å². The summed E-state index contributed by atoms with van der Waals surface area (Å²) in [5.41, 5.74) is 1.17. The molecule has 0 saturated carbocycles. The summed E-state index contributed by atoms with van der Waals surface area (Å²) in [6, 6.07) is 5.47. The fourth-order valence-electron chi connectivity index (χ4n) is 1.41. The quantitative estimate of drug-likeness (QED) is 0.736. The number of nitrogens with zero attached hydrogens (tertiary/aromatic N) is 1. The number of ether oxygens (including phenoxy) is 1. The highest BCUT2D eigenvalue weighted by molar-refractivity contribution is 5.81. The second-order valence-electron chi connectivity index (χ2n) is 3.04. The minimum atomic E-state index is -0.319. The van der Waals surface area contributed by atoms with E-state index in [0.717, 1.165) is 16.7 Å². The Morgan fingerprint density at radius 1 is 1.43 bits per heavy atom. The highest BCUT2D eigenvalue weighted by atomic mass is 16.5. The van der Waals surface area contributed by atoms with Crippen molar-refractivity contribution in [3.63, 3.8) is 0 Å². The molecule has 0 atom stereocenters. The first-order valence-electron chi connectivity index (χ1n) is 4.25. The van der Waals surface area contributed by atoms with Gasteiger partial charge >= 0.3 is 5.69 Å². The maximum Gasteiger partial charge on any atom is 0.345 e. The Bertz CT molecular complexity index is 531. The minimum Gasteiger partial charge on any atom is -0.497 e. The van der Waals surface area contributed by atoms with E-state index in [1.54, 1.807) is 20.1 Å². The van der Waals surface area contributed by atoms with E-state index in [0.29, 0.717) is 5.69 Å². The number of aromatic amines is 1. The number of methoxy groups -OCH3 is 1. The molecule has 1 aromatic heterocycles. The summed E-state index contributed by atoms with van der Waals surface area (Å²) in [6.45, 7) is 1.80. The zero-order chi connectivity index (χ0) is 10.1. The Balaban J connectivity index is 2.82. The van der Waals surface area contributed by atoms with Crippen LogP contribution in [0.1, 0.15) is 5.69 Å². The van der Waals surface area contributed by atoms with E-state index in [9.17, 15) is 4.79 Å². The minimum absolute atomic E-state index is 0.319. The van der Waals surface area contributed by atoms with Crippen molar-refractivity contribution in [3.05, 3.63) is 34.4 Å². The van der Waals surface area contributed by atoms with Gasteiger partial charge < -0.3 is 9.72 Å². The average molecular weight is 190 g/mol. The van der Waals surface area contributed by atoms with Crippen molar-refractivity contribution in [2.24, 2.45) is 0 Å². The molecule has 2 aromatic rings. The molecule has 1 N–H and O–H groups in total. The smallest absolute Gasteiger partial charge is 0.345 e. The van der Waals surface area contributed by atoms with Gasteiger partial charge in [-0.1, -0.05) is 0 Å². The Morgan fingerprint density at radius 3 is 2.93 bits per heavy atom. The molecule has 72 valence electrons. The molecule has 1 heterocycles. The number of H-pyrrole nitrogens is 1. The summed E-state index contributed by atoms with van der Waals surface area (Å²) in [6.07, 6.45) is 0. The standard InChI is InChI=1S/C10H10N2O2/c1-6-8-5-7(14-2)3-4-9(8)12-10(13)11-6/h3-5H,1-2H3,(H,11,12,13). The number of hydrogen-bond donors (Lipinski definition) is 1. The second kappa shape index (κ2) is 3.14. The largest absolute Gasteiger partial charge is 0.497 e. The maximum atomic E-state index is 11.1. The van der Waals surface area contributed by atoms with Crippen molar-refractivity contribution in [3.8, 4) is 5.75 Å². The Hall–Kier alpha value is -1.84. The van der Waals surface area contributed by atoms with E-state index in [-0.39, 0.29) is 5.69 Å². The molecular formula is C10H10N2O2. The van der Waals surface area contributed by atoms with E-state index < -0.39 is 0 Å². The maximum absolute atomic E-state index is 11.1. The second-order valence-corrected chi connectivity index (χ2v) is 3.04. The number of fused-ring (bicyclic) bond motifs is 1. The van der Waals surface area contributed by atoms with Gasteiger partial charge in [0.2, 0.25) is 0 Å². The lowest BCUT2D eigenvalue weighted by Gasteiger charge is -2.03. The SMILES string of the molecule is COc1ccc2[nH]c(=O)nc(C)c2c1. The van der Waals surface area contributed by atoms with Gasteiger partial charge in [0.15, 0.2) is 0 Å². The Kier molecular flexibility index (Phi) is 1.96. The normalized spacial score (nSPS) is 10.4. The lowest BCUT2D eigenvalue weighted by atomic mass is 10.2. The van der Waals surface area contributed by atoms with Crippen LogP contribution < -0.4 is 10.4 Å². The third-order valence-corrected chi connectivity index (χ3v) is 2.13. The van der Waals surface area contributed by atoms with E-state index in [1.807, 2.05) is 12.1 Å². The summed E-state index contributed by atoms with van der Waals surface area (Å²) < 4.78 is 5.09. The predicted molar refractivity (Wildman–Crippen MR) is 53.7 cm³/mol. The molecule has 0 aliphatic heterocycles. The van der Waals surface area contributed by atoms with Crippen LogP contribution in [0.25, 0.3) is 10.9 Å². The first kappa shape index (κ1) is 8.74. The molecule has 0 aliphatic carbocycles. The van der Waals surface area contributed by atoms with Gasteiger partial charge in [0, 0.05) is 5.39 Å². The molecule has 4 nitrogen and oxygen atoms in total. The van der Waals surface area contributed by atoms with E-state index >= 15 is 0 Å². The Morgan fingerprint density at radius 2 is 2.21 bits per heavy atom. The molecule has 4 heteroatoms. The van der Waals surface area contributed by atoms with Gasteiger partial charge in [0.1, 0.15) is 5.75 Å². The molecule has 0 bridgehead atoms. The number of hydrogen-bond acceptors (Lipinski definition) is 3. The molecule has 2 rings (SSSR count). The average Bonchev–Trinajstić information content (AvgIpc) is 2.17. The van der Waals surface area contributed by atoms with Crippen molar-refractivity contribution < 1.29 is 4.74 Å². The highest BCUT2D eigenvalue weighted by Crippen LogP contribution is 2.19. The molecule has 1 aromatic carbocycles. The van der Waals surface area contributed by atoms with Crippen LogP contribution in [0.3, 0.4) is 0 Å². The number of aromatic nitrogens is 2. The summed E-state index contributed by atoms with van der Waals surface area (Å²) >= 11 is 0. The molecule has 14 heavy (non-hydrogen) atoms. The molecular weight excluding hydrogens is 180 g/mol. The summed E-state index contributed by atoms with van der Waals surface area (Å²) in [5.74, 6) is 0.759. The van der Waals surface area contributed by atoms with Gasteiger partial charge in [-0.15, -0.1) is 0 Å². The van der Waals surface area contributed by atoms with E-state index in [1.165, 1.54) is 0 Å². The summed E-state index contributed by atoms with van der Waals surface area (Å²) in [7, 11) is 1.61. The van der Waals surface area contributed by atoms with Crippen molar-refractivity contribution in [2.45, 2.75) is 6.92 Å². The highest BCUT2D eigenvalue weighted by Gasteiger charge is 2.01. The molecule has 0 saturated heterocycles. The van der Waals surface area contributed by atoms with Crippen LogP contribution in [0.5, 0.6) is 5.75 Å². The first-order chi connectivity index (χ1) is 6.70. The molecule has 0 fully saturated rings. The zero-order valence-electron chi connectivity index (χ0n) is 8.00. The summed E-state index contributed by atoms with van der Waals surface area (Å²) in [5, 5.41) is 0.906. The molecule has 0 amide bonds. The van der Waals surface area contributed by atoms with Gasteiger partial charge in [-0.05, 0) is 25.1 Å². The van der Waals surface area contributed by atoms with E-state index in [2.05, 4.69) is 9.97 Å². The van der Waals surface area contributed by atoms with Crippen molar-refractivity contribution in [2.75, 3.05) is 7.11 Å². The van der Waals surface area contributed by atoms with Gasteiger partial charge in [0.25, 0.3) is 0 Å². The van der Waals surface area contributed by atoms with E-state index in [4.69, 9.17) is 4.74 Å². The van der Waals surface area contributed by atoms with Crippen molar-refractivity contribution in [1.82, 2.24) is 9.97 Å². The van der Waals surface area contributed by atoms with Crippen LogP contribution in [0.4, 0.5) is 0 Å². The third kappa shape index (κ3) is 1.35. The van der Waals surface area contributed by atoms with Crippen LogP contribution in [0.15, 0.2) is 23.0 Å². The third-order valence-electron chi connectivity index (χ3n) is 2.13. The fourth-order valence-corrected chi connectivity index (χ4v) is 1.41. The lowest BCUT2D eigenvalue weighted by molar-refractivity contribution is 0.415. The lowest BCUT2D eigenvalue weighted by Crippen LogP contribution is -2.11. The van der Waals surface area contributed by atoms with Crippen molar-refractivity contribution in [1.29, 1.82) is 0 Å². The topological polar surface area (TPSA) is 55.0 Å². The number of aryl methyl sites for hydroxylation is 1. The van der Waals surface area contributed by atoms with Crippen LogP contribution in [0.2, 0.25) is 0 Å². The molecule has 0 spiro atoms. The van der Waals surface area contributed by atoms with Crippen LogP contribution in [-0.2, 0) is 0 Å². The van der Waals surface area contributed by atoms with Crippen LogP contribution >= 0.6 is 0 Å². The first-order valence-corrected chi connectivity index (χ1v) is 4.25. The van der Waals surface area contributed by atoms with Gasteiger partial charge in [-0.2, -0.15) is 4.98 Å². The van der Waals surface area contributed by atoms with Gasteiger partial charge in [-0.25, -0.2) is 4.79 Å². The van der Waals surface area contributed by atoms with Crippen LogP contribution in [-0.4, -0.2) is 17.1 Å². The number of benzene rings is 1. The zero-order valence-corrected chi connectivity index (χ0v) is 8.00. The Labute approximate surface area is 80.6 Å². The number of nitrogens with one attached hydrogen (secondary N) is 1. The van der Waals surface area contributed by atoms with Crippen molar-refractivity contribution >= 4 is 10.9 Å². The molecule has 0 unspecified atom stereocenters. The molecule has 0 radical (unpaired) electrons. The fraction of sp³-hybridized carbons (Fsp3) is 0.200. The van der Waals surface area contributed by atoms with Gasteiger partial charge in [0.05, 0.1) is 18.3 Å². The predicted octanol–water partition coefficient (Wildman–Crippen LogP) is 1.24. The summed E-state index contributed by atoms with van der Waals surface area (Å²) in [4.78, 5) is 17.5.